The molecule has 0 heterocycles. The largest absolute Gasteiger partial charge is 0.406 e. The first-order chi connectivity index (χ1) is 5.12. The van der Waals surface area contributed by atoms with E-state index in [1.54, 1.807) is 13.8 Å². The lowest BCUT2D eigenvalue weighted by molar-refractivity contribution is -0.497. The van der Waals surface area contributed by atoms with Gasteiger partial charge in [-0.3, -0.25) is 10.1 Å². The molecule has 0 aliphatic heterocycles. The third-order valence-electron chi connectivity index (χ3n) is 1.09. The van der Waals surface area contributed by atoms with E-state index in [2.05, 4.69) is 0 Å². The lowest BCUT2D eigenvalue weighted by Crippen LogP contribution is -2.42. The highest BCUT2D eigenvalue weighted by Crippen LogP contribution is 2.17. The van der Waals surface area contributed by atoms with Gasteiger partial charge in [-0.15, -0.1) is 0 Å². The van der Waals surface area contributed by atoms with Crippen LogP contribution in [0.2, 0.25) is 19.6 Å². The molecule has 0 atom stereocenters. The highest BCUT2D eigenvalue weighted by atomic mass is 28.4. The van der Waals surface area contributed by atoms with Crippen molar-refractivity contribution in [3.8, 4) is 0 Å². The van der Waals surface area contributed by atoms with Crippen LogP contribution in [0.25, 0.3) is 0 Å². The quantitative estimate of drug-likeness (QED) is 0.387. The van der Waals surface area contributed by atoms with Gasteiger partial charge in [-0.05, 0) is 33.5 Å². The molecular formula is C7H17NO3Si. The summed E-state index contributed by atoms with van der Waals surface area (Å²) in [4.78, 5) is 9.91. The van der Waals surface area contributed by atoms with Gasteiger partial charge in [0.15, 0.2) is 8.32 Å². The monoisotopic (exact) mass is 191 g/mol. The molecule has 72 valence electrons. The lowest BCUT2D eigenvalue weighted by Gasteiger charge is -2.29. The second-order valence-electron chi connectivity index (χ2n) is 4.46. The third-order valence-corrected chi connectivity index (χ3v) is 2.26. The van der Waals surface area contributed by atoms with Gasteiger partial charge in [-0.2, -0.15) is 0 Å². The molecule has 12 heavy (non-hydrogen) atoms. The van der Waals surface area contributed by atoms with Crippen LogP contribution in [0.1, 0.15) is 13.8 Å². The van der Waals surface area contributed by atoms with Crippen LogP contribution in [0.15, 0.2) is 0 Å². The molecule has 0 unspecified atom stereocenters. The molecule has 0 saturated carbocycles. The minimum absolute atomic E-state index is 0.128. The summed E-state index contributed by atoms with van der Waals surface area (Å²) in [6, 6.07) is 0. The highest BCUT2D eigenvalue weighted by Gasteiger charge is 2.31. The van der Waals surface area contributed by atoms with Crippen LogP contribution in [0.5, 0.6) is 0 Å². The number of hydrogen-bond acceptors (Lipinski definition) is 3. The standard InChI is InChI=1S/C7H17NO3Si/c1-7(2,6-8(9)10)11-12(3,4)5/h6H2,1-5H3. The van der Waals surface area contributed by atoms with Crippen LogP contribution >= 0.6 is 0 Å². The van der Waals surface area contributed by atoms with Crippen LogP contribution in [0.4, 0.5) is 0 Å². The Balaban J connectivity index is 4.13. The van der Waals surface area contributed by atoms with Crippen LogP contribution in [0.3, 0.4) is 0 Å². The van der Waals surface area contributed by atoms with Crippen molar-refractivity contribution in [2.75, 3.05) is 6.54 Å². The van der Waals surface area contributed by atoms with Gasteiger partial charge in [-0.1, -0.05) is 0 Å². The summed E-state index contributed by atoms with van der Waals surface area (Å²) in [6.07, 6.45) is 0. The van der Waals surface area contributed by atoms with Gasteiger partial charge >= 0.3 is 0 Å². The number of hydrogen-bond donors (Lipinski definition) is 0. The number of nitro groups is 1. The van der Waals surface area contributed by atoms with Gasteiger partial charge in [0.25, 0.3) is 0 Å². The highest BCUT2D eigenvalue weighted by molar-refractivity contribution is 6.69. The molecule has 0 saturated heterocycles. The maximum atomic E-state index is 10.2. The molecule has 5 heteroatoms. The molecule has 0 amide bonds. The van der Waals surface area contributed by atoms with Crippen molar-refractivity contribution in [1.82, 2.24) is 0 Å². The first kappa shape index (κ1) is 11.6. The molecule has 0 fully saturated rings. The van der Waals surface area contributed by atoms with E-state index < -0.39 is 13.9 Å². The second-order valence-corrected chi connectivity index (χ2v) is 8.89. The normalized spacial score (nSPS) is 13.1. The Morgan fingerprint density at radius 1 is 1.42 bits per heavy atom. The fraction of sp³-hybridized carbons (Fsp3) is 1.00. The summed E-state index contributed by atoms with van der Waals surface area (Å²) in [5.41, 5.74) is -0.631. The van der Waals surface area contributed by atoms with Gasteiger partial charge in [0.2, 0.25) is 6.54 Å². The maximum Gasteiger partial charge on any atom is 0.230 e. The first-order valence-electron chi connectivity index (χ1n) is 3.94. The minimum Gasteiger partial charge on any atom is -0.406 e. The lowest BCUT2D eigenvalue weighted by atomic mass is 10.1. The van der Waals surface area contributed by atoms with Crippen molar-refractivity contribution in [2.45, 2.75) is 39.1 Å². The first-order valence-corrected chi connectivity index (χ1v) is 7.35. The molecular weight excluding hydrogens is 174 g/mol. The third kappa shape index (κ3) is 6.30. The van der Waals surface area contributed by atoms with Gasteiger partial charge in [-0.25, -0.2) is 0 Å². The van der Waals surface area contributed by atoms with Crippen molar-refractivity contribution < 1.29 is 9.35 Å². The van der Waals surface area contributed by atoms with E-state index in [-0.39, 0.29) is 11.5 Å². The summed E-state index contributed by atoms with van der Waals surface area (Å²) in [7, 11) is -1.66. The summed E-state index contributed by atoms with van der Waals surface area (Å²) >= 11 is 0. The molecule has 0 spiro atoms. The zero-order chi connectivity index (χ0) is 9.99. The maximum absolute atomic E-state index is 10.2. The smallest absolute Gasteiger partial charge is 0.230 e. The SMILES string of the molecule is CC(C)(C[N+](=O)[O-])O[Si](C)(C)C. The van der Waals surface area contributed by atoms with Crippen molar-refractivity contribution in [3.05, 3.63) is 10.1 Å². The van der Waals surface area contributed by atoms with Crippen molar-refractivity contribution in [1.29, 1.82) is 0 Å². The van der Waals surface area contributed by atoms with Gasteiger partial charge in [0.1, 0.15) is 5.60 Å². The van der Waals surface area contributed by atoms with Crippen LogP contribution in [-0.4, -0.2) is 25.4 Å². The fourth-order valence-corrected chi connectivity index (χ4v) is 2.89. The zero-order valence-corrected chi connectivity index (χ0v) is 9.38. The van der Waals surface area contributed by atoms with E-state index in [0.717, 1.165) is 0 Å². The predicted octanol–water partition coefficient (Wildman–Crippen LogP) is 1.89. The molecule has 0 bridgehead atoms. The Morgan fingerprint density at radius 2 is 1.83 bits per heavy atom. The molecule has 4 nitrogen and oxygen atoms in total. The van der Waals surface area contributed by atoms with E-state index in [0.29, 0.717) is 0 Å². The fourth-order valence-electron chi connectivity index (χ4n) is 1.17. The van der Waals surface area contributed by atoms with E-state index in [1.807, 2.05) is 19.6 Å². The van der Waals surface area contributed by atoms with Crippen molar-refractivity contribution >= 4 is 8.32 Å². The van der Waals surface area contributed by atoms with E-state index >= 15 is 0 Å². The molecule has 0 aliphatic rings. The van der Waals surface area contributed by atoms with E-state index in [4.69, 9.17) is 4.43 Å². The van der Waals surface area contributed by atoms with Gasteiger partial charge < -0.3 is 4.43 Å². The van der Waals surface area contributed by atoms with E-state index in [9.17, 15) is 10.1 Å². The van der Waals surface area contributed by atoms with Crippen LogP contribution in [-0.2, 0) is 4.43 Å². The van der Waals surface area contributed by atoms with E-state index in [1.165, 1.54) is 0 Å². The topological polar surface area (TPSA) is 52.4 Å². The summed E-state index contributed by atoms with van der Waals surface area (Å²) in [5, 5.41) is 10.2. The Kier molecular flexibility index (Phi) is 3.41. The molecule has 0 rings (SSSR count). The summed E-state index contributed by atoms with van der Waals surface area (Å²) < 4.78 is 5.63. The van der Waals surface area contributed by atoms with Crippen molar-refractivity contribution in [3.63, 3.8) is 0 Å². The molecule has 0 aromatic rings. The Labute approximate surface area is 74.2 Å². The molecule has 0 N–H and O–H groups in total. The average molecular weight is 191 g/mol. The summed E-state index contributed by atoms with van der Waals surface area (Å²) in [5.74, 6) is 0. The molecule has 0 aliphatic carbocycles. The van der Waals surface area contributed by atoms with Gasteiger partial charge in [0, 0.05) is 4.92 Å². The van der Waals surface area contributed by atoms with Crippen LogP contribution in [0, 0.1) is 10.1 Å². The van der Waals surface area contributed by atoms with Gasteiger partial charge in [0.05, 0.1) is 0 Å². The second kappa shape index (κ2) is 3.53. The zero-order valence-electron chi connectivity index (χ0n) is 8.38. The molecule has 0 aromatic heterocycles. The summed E-state index contributed by atoms with van der Waals surface area (Å²) in [6.45, 7) is 9.46. The number of nitrogens with zero attached hydrogens (tertiary/aromatic N) is 1. The van der Waals surface area contributed by atoms with Crippen LogP contribution < -0.4 is 0 Å². The minimum atomic E-state index is -1.66. The average Bonchev–Trinajstić information content (AvgIpc) is 1.48. The Morgan fingerprint density at radius 3 is 2.08 bits per heavy atom. The Bertz CT molecular complexity index is 174. The Hall–Kier alpha value is -0.423. The molecule has 0 radical (unpaired) electrons. The number of rotatable bonds is 4. The van der Waals surface area contributed by atoms with Crippen molar-refractivity contribution in [2.24, 2.45) is 0 Å². The molecule has 0 aromatic carbocycles. The predicted molar refractivity (Wildman–Crippen MR) is 50.4 cm³/mol.